The first-order valence-electron chi connectivity index (χ1n) is 14.4. The van der Waals surface area contributed by atoms with E-state index in [4.69, 9.17) is 14.4 Å². The van der Waals surface area contributed by atoms with Crippen molar-refractivity contribution in [1.82, 2.24) is 9.97 Å². The summed E-state index contributed by atoms with van der Waals surface area (Å²) in [5.41, 5.74) is 12.3. The average Bonchev–Trinajstić information content (AvgIpc) is 3.51. The Morgan fingerprint density at radius 3 is 2.02 bits per heavy atom. The van der Waals surface area contributed by atoms with Crippen LogP contribution in [-0.2, 0) is 5.41 Å². The molecule has 0 radical (unpaired) electrons. The third-order valence-corrected chi connectivity index (χ3v) is 9.05. The van der Waals surface area contributed by atoms with Gasteiger partial charge in [0.15, 0.2) is 0 Å². The van der Waals surface area contributed by atoms with Crippen LogP contribution in [0.5, 0.6) is 0 Å². The molecule has 0 saturated carbocycles. The molecular weight excluding hydrogens is 512 g/mol. The predicted molar refractivity (Wildman–Crippen MR) is 173 cm³/mol. The van der Waals surface area contributed by atoms with Crippen LogP contribution in [0.3, 0.4) is 0 Å². The molecule has 2 aromatic heterocycles. The second kappa shape index (κ2) is 8.37. The molecule has 1 aliphatic rings. The number of rotatable bonds is 2. The molecule has 3 heteroatoms. The van der Waals surface area contributed by atoms with Gasteiger partial charge in [-0.05, 0) is 75.5 Å². The lowest BCUT2D eigenvalue weighted by molar-refractivity contribution is 0.661. The third kappa shape index (κ3) is 3.22. The summed E-state index contributed by atoms with van der Waals surface area (Å²) in [4.78, 5) is 10.5. The van der Waals surface area contributed by atoms with E-state index >= 15 is 0 Å². The number of para-hydroxylation sites is 4. The molecular formula is C39H26N2O. The zero-order valence-electron chi connectivity index (χ0n) is 23.3. The number of fused-ring (bicyclic) bond motifs is 8. The van der Waals surface area contributed by atoms with Crippen molar-refractivity contribution in [3.8, 4) is 33.6 Å². The molecule has 9 rings (SSSR count). The summed E-state index contributed by atoms with van der Waals surface area (Å²) < 4.78 is 6.46. The summed E-state index contributed by atoms with van der Waals surface area (Å²) in [7, 11) is 0. The average molecular weight is 539 g/mol. The quantitative estimate of drug-likeness (QED) is 0.220. The van der Waals surface area contributed by atoms with Gasteiger partial charge in [0.25, 0.3) is 0 Å². The van der Waals surface area contributed by atoms with Crippen LogP contribution in [0, 0.1) is 0 Å². The molecule has 0 fully saturated rings. The molecule has 0 unspecified atom stereocenters. The van der Waals surface area contributed by atoms with E-state index in [9.17, 15) is 0 Å². The lowest BCUT2D eigenvalue weighted by atomic mass is 9.81. The van der Waals surface area contributed by atoms with Crippen LogP contribution < -0.4 is 0 Å². The maximum Gasteiger partial charge on any atom is 0.144 e. The molecule has 198 valence electrons. The summed E-state index contributed by atoms with van der Waals surface area (Å²) in [6.45, 7) is 4.66. The fraction of sp³-hybridized carbons (Fsp3) is 0.0769. The molecule has 0 N–H and O–H groups in total. The van der Waals surface area contributed by atoms with Gasteiger partial charge in [0, 0.05) is 27.3 Å². The maximum atomic E-state index is 6.46. The highest BCUT2D eigenvalue weighted by Gasteiger charge is 2.36. The van der Waals surface area contributed by atoms with Crippen LogP contribution >= 0.6 is 0 Å². The first-order chi connectivity index (χ1) is 20.6. The topological polar surface area (TPSA) is 38.9 Å². The van der Waals surface area contributed by atoms with Crippen LogP contribution in [0.25, 0.3) is 77.4 Å². The lowest BCUT2D eigenvalue weighted by Crippen LogP contribution is -2.15. The molecule has 8 aromatic rings. The van der Waals surface area contributed by atoms with Crippen molar-refractivity contribution in [2.45, 2.75) is 19.3 Å². The van der Waals surface area contributed by atoms with Crippen molar-refractivity contribution in [1.29, 1.82) is 0 Å². The van der Waals surface area contributed by atoms with Gasteiger partial charge in [0.05, 0.1) is 16.7 Å². The van der Waals surface area contributed by atoms with Gasteiger partial charge in [0.2, 0.25) is 0 Å². The second-order valence-corrected chi connectivity index (χ2v) is 11.8. The predicted octanol–water partition coefficient (Wildman–Crippen LogP) is 10.3. The van der Waals surface area contributed by atoms with Crippen molar-refractivity contribution >= 4 is 43.7 Å². The highest BCUT2D eigenvalue weighted by atomic mass is 16.3. The molecule has 0 atom stereocenters. The SMILES string of the molecule is CC1(C)c2cc(-c3nc4ccccc4nc3-c3cccc4c3oc3ccccc34)ccc2-c2cc3ccccc3cc21. The van der Waals surface area contributed by atoms with Gasteiger partial charge in [-0.3, -0.25) is 0 Å². The van der Waals surface area contributed by atoms with Gasteiger partial charge in [-0.1, -0.05) is 92.7 Å². The van der Waals surface area contributed by atoms with E-state index in [0.717, 1.165) is 55.5 Å². The van der Waals surface area contributed by atoms with Crippen molar-refractivity contribution in [2.75, 3.05) is 0 Å². The summed E-state index contributed by atoms with van der Waals surface area (Å²) in [6.07, 6.45) is 0. The molecule has 0 bridgehead atoms. The molecule has 0 aliphatic heterocycles. The van der Waals surface area contributed by atoms with Gasteiger partial charge in [0.1, 0.15) is 16.9 Å². The number of aromatic nitrogens is 2. The van der Waals surface area contributed by atoms with Gasteiger partial charge >= 0.3 is 0 Å². The lowest BCUT2D eigenvalue weighted by Gasteiger charge is -2.22. The second-order valence-electron chi connectivity index (χ2n) is 11.8. The Morgan fingerprint density at radius 1 is 0.524 bits per heavy atom. The zero-order valence-corrected chi connectivity index (χ0v) is 23.3. The van der Waals surface area contributed by atoms with Gasteiger partial charge in [-0.15, -0.1) is 0 Å². The fourth-order valence-electron chi connectivity index (χ4n) is 6.89. The van der Waals surface area contributed by atoms with E-state index in [1.807, 2.05) is 36.4 Å². The minimum Gasteiger partial charge on any atom is -0.455 e. The molecule has 3 nitrogen and oxygen atoms in total. The Kier molecular flexibility index (Phi) is 4.67. The highest BCUT2D eigenvalue weighted by molar-refractivity contribution is 6.10. The molecule has 6 aromatic carbocycles. The molecule has 0 spiro atoms. The Morgan fingerprint density at radius 2 is 1.19 bits per heavy atom. The third-order valence-electron chi connectivity index (χ3n) is 9.05. The van der Waals surface area contributed by atoms with Crippen LogP contribution in [-0.4, -0.2) is 9.97 Å². The monoisotopic (exact) mass is 538 g/mol. The van der Waals surface area contributed by atoms with Crippen molar-refractivity contribution in [3.63, 3.8) is 0 Å². The molecule has 42 heavy (non-hydrogen) atoms. The van der Waals surface area contributed by atoms with Crippen molar-refractivity contribution in [2.24, 2.45) is 0 Å². The molecule has 1 aliphatic carbocycles. The Balaban J connectivity index is 1.30. The standard InChI is InChI=1S/C39H26N2O/c1-39(2)31-22-25(18-19-26(31)30-20-23-10-3-4-11-24(23)21-32(30)39)36-37(41-34-16-7-6-15-33(34)40-36)29-14-9-13-28-27-12-5-8-17-35(27)42-38(28)29/h3-22H,1-2H3. The first-order valence-corrected chi connectivity index (χ1v) is 14.4. The van der Waals surface area contributed by atoms with E-state index < -0.39 is 0 Å². The number of furan rings is 1. The molecule has 2 heterocycles. The smallest absolute Gasteiger partial charge is 0.144 e. The fourth-order valence-corrected chi connectivity index (χ4v) is 6.89. The Hall–Kier alpha value is -5.28. The van der Waals surface area contributed by atoms with E-state index in [-0.39, 0.29) is 5.41 Å². The van der Waals surface area contributed by atoms with Crippen molar-refractivity contribution in [3.05, 3.63) is 132 Å². The first kappa shape index (κ1) is 23.4. The number of nitrogens with zero attached hydrogens (tertiary/aromatic N) is 2. The van der Waals surface area contributed by atoms with E-state index in [1.54, 1.807) is 0 Å². The van der Waals surface area contributed by atoms with Crippen molar-refractivity contribution < 1.29 is 4.42 Å². The van der Waals surface area contributed by atoms with Crippen LogP contribution in [0.2, 0.25) is 0 Å². The zero-order chi connectivity index (χ0) is 28.0. The minimum atomic E-state index is -0.145. The molecule has 0 saturated heterocycles. The van der Waals surface area contributed by atoms with Crippen LogP contribution in [0.1, 0.15) is 25.0 Å². The Labute approximate surface area is 243 Å². The molecule has 0 amide bonds. The highest BCUT2D eigenvalue weighted by Crippen LogP contribution is 2.51. The number of hydrogen-bond donors (Lipinski definition) is 0. The number of hydrogen-bond acceptors (Lipinski definition) is 3. The minimum absolute atomic E-state index is 0.145. The number of benzene rings is 6. The normalized spacial score (nSPS) is 13.7. The largest absolute Gasteiger partial charge is 0.455 e. The summed E-state index contributed by atoms with van der Waals surface area (Å²) >= 11 is 0. The Bertz CT molecular complexity index is 2400. The summed E-state index contributed by atoms with van der Waals surface area (Å²) in [5.74, 6) is 0. The summed E-state index contributed by atoms with van der Waals surface area (Å²) in [6, 6.07) is 42.8. The van der Waals surface area contributed by atoms with E-state index in [0.29, 0.717) is 0 Å². The maximum absolute atomic E-state index is 6.46. The van der Waals surface area contributed by atoms with Crippen LogP contribution in [0.4, 0.5) is 0 Å². The van der Waals surface area contributed by atoms with Gasteiger partial charge in [-0.2, -0.15) is 0 Å². The van der Waals surface area contributed by atoms with Crippen LogP contribution in [0.15, 0.2) is 126 Å². The van der Waals surface area contributed by atoms with E-state index in [1.165, 1.54) is 33.0 Å². The van der Waals surface area contributed by atoms with E-state index in [2.05, 4.69) is 98.8 Å². The van der Waals surface area contributed by atoms with Gasteiger partial charge in [-0.25, -0.2) is 9.97 Å². The summed E-state index contributed by atoms with van der Waals surface area (Å²) in [5, 5.41) is 4.74. The van der Waals surface area contributed by atoms with Gasteiger partial charge < -0.3 is 4.42 Å².